The number of aliphatic hydroxyl groups is 1. The normalized spacial score (nSPS) is 51.0. The smallest absolute Gasteiger partial charge is 0.155 e. The molecule has 0 heterocycles. The van der Waals surface area contributed by atoms with E-state index in [9.17, 15) is 9.90 Å². The number of carbonyl (C=O) groups is 1. The SMILES string of the molecule is C[C@@]12CCC[C@H]1[C@@H]1C(O)CC3=CC(=O)CC[C@@H]3[C@H]1CC2. The molecule has 0 saturated heterocycles. The minimum absolute atomic E-state index is 0.198. The van der Waals surface area contributed by atoms with Gasteiger partial charge in [-0.3, -0.25) is 4.79 Å². The maximum atomic E-state index is 11.7. The van der Waals surface area contributed by atoms with E-state index in [1.807, 2.05) is 6.08 Å². The predicted octanol–water partition coefficient (Wildman–Crippen LogP) is 3.49. The third-order valence-electron chi connectivity index (χ3n) is 7.10. The molecule has 0 amide bonds. The van der Waals surface area contributed by atoms with E-state index in [4.69, 9.17) is 0 Å². The quantitative estimate of drug-likeness (QED) is 0.734. The number of fused-ring (bicyclic) bond motifs is 5. The Morgan fingerprint density at radius 2 is 2.10 bits per heavy atom. The molecule has 6 atom stereocenters. The van der Waals surface area contributed by atoms with Crippen molar-refractivity contribution in [1.82, 2.24) is 0 Å². The van der Waals surface area contributed by atoms with Crippen molar-refractivity contribution in [2.75, 3.05) is 0 Å². The van der Waals surface area contributed by atoms with Crippen LogP contribution in [0.1, 0.15) is 58.3 Å². The maximum Gasteiger partial charge on any atom is 0.155 e. The summed E-state index contributed by atoms with van der Waals surface area (Å²) >= 11 is 0. The first-order chi connectivity index (χ1) is 9.58. The molecule has 0 radical (unpaired) electrons. The summed E-state index contributed by atoms with van der Waals surface area (Å²) in [4.78, 5) is 11.7. The van der Waals surface area contributed by atoms with E-state index < -0.39 is 0 Å². The summed E-state index contributed by atoms with van der Waals surface area (Å²) in [6.07, 6.45) is 10.9. The third kappa shape index (κ3) is 1.76. The van der Waals surface area contributed by atoms with Crippen LogP contribution >= 0.6 is 0 Å². The Morgan fingerprint density at radius 3 is 2.95 bits per heavy atom. The van der Waals surface area contributed by atoms with E-state index in [1.165, 1.54) is 37.7 Å². The van der Waals surface area contributed by atoms with Gasteiger partial charge in [0, 0.05) is 6.42 Å². The summed E-state index contributed by atoms with van der Waals surface area (Å²) in [6, 6.07) is 0. The summed E-state index contributed by atoms with van der Waals surface area (Å²) in [5, 5.41) is 10.7. The van der Waals surface area contributed by atoms with Gasteiger partial charge in [0.2, 0.25) is 0 Å². The van der Waals surface area contributed by atoms with Crippen molar-refractivity contribution < 1.29 is 9.90 Å². The molecule has 2 nitrogen and oxygen atoms in total. The van der Waals surface area contributed by atoms with E-state index in [1.54, 1.807) is 0 Å². The first kappa shape index (κ1) is 13.1. The Balaban J connectivity index is 1.68. The van der Waals surface area contributed by atoms with Gasteiger partial charge in [0.1, 0.15) is 0 Å². The fourth-order valence-corrected chi connectivity index (χ4v) is 6.18. The lowest BCUT2D eigenvalue weighted by Gasteiger charge is -2.54. The molecule has 0 aromatic rings. The Kier molecular flexibility index (Phi) is 2.89. The zero-order valence-electron chi connectivity index (χ0n) is 12.5. The number of hydrogen-bond donors (Lipinski definition) is 1. The third-order valence-corrected chi connectivity index (χ3v) is 7.10. The van der Waals surface area contributed by atoms with Gasteiger partial charge in [-0.15, -0.1) is 0 Å². The van der Waals surface area contributed by atoms with Crippen molar-refractivity contribution in [2.45, 2.75) is 64.4 Å². The lowest BCUT2D eigenvalue weighted by Crippen LogP contribution is -2.50. The Bertz CT molecular complexity index is 466. The molecule has 0 aliphatic heterocycles. The minimum atomic E-state index is -0.198. The monoisotopic (exact) mass is 274 g/mol. The lowest BCUT2D eigenvalue weighted by molar-refractivity contribution is -0.117. The van der Waals surface area contributed by atoms with Gasteiger partial charge >= 0.3 is 0 Å². The van der Waals surface area contributed by atoms with Gasteiger partial charge in [0.05, 0.1) is 6.10 Å². The van der Waals surface area contributed by atoms with E-state index in [0.29, 0.717) is 23.2 Å². The number of carbonyl (C=O) groups excluding carboxylic acids is 1. The first-order valence-electron chi connectivity index (χ1n) is 8.50. The Hall–Kier alpha value is -0.630. The highest BCUT2D eigenvalue weighted by Crippen LogP contribution is 2.61. The first-order valence-corrected chi connectivity index (χ1v) is 8.50. The van der Waals surface area contributed by atoms with Crippen LogP contribution in [0.3, 0.4) is 0 Å². The lowest BCUT2D eigenvalue weighted by atomic mass is 9.51. The molecule has 4 aliphatic carbocycles. The summed E-state index contributed by atoms with van der Waals surface area (Å²) in [6.45, 7) is 2.46. The van der Waals surface area contributed by atoms with Crippen LogP contribution in [0, 0.1) is 29.1 Å². The molecule has 1 unspecified atom stereocenters. The fourth-order valence-electron chi connectivity index (χ4n) is 6.18. The number of hydrogen-bond acceptors (Lipinski definition) is 2. The molecule has 3 fully saturated rings. The molecule has 0 aromatic heterocycles. The van der Waals surface area contributed by atoms with E-state index >= 15 is 0 Å². The molecule has 2 heteroatoms. The van der Waals surface area contributed by atoms with Crippen LogP contribution in [0.5, 0.6) is 0 Å². The average molecular weight is 274 g/mol. The number of aliphatic hydroxyl groups excluding tert-OH is 1. The predicted molar refractivity (Wildman–Crippen MR) is 78.1 cm³/mol. The molecule has 3 saturated carbocycles. The highest BCUT2D eigenvalue weighted by Gasteiger charge is 2.55. The van der Waals surface area contributed by atoms with Crippen molar-refractivity contribution in [2.24, 2.45) is 29.1 Å². The second-order valence-electron chi connectivity index (χ2n) is 8.03. The molecule has 20 heavy (non-hydrogen) atoms. The second-order valence-corrected chi connectivity index (χ2v) is 8.03. The fraction of sp³-hybridized carbons (Fsp3) is 0.833. The van der Waals surface area contributed by atoms with Gasteiger partial charge in [-0.2, -0.15) is 0 Å². The maximum absolute atomic E-state index is 11.7. The van der Waals surface area contributed by atoms with Gasteiger partial charge in [-0.1, -0.05) is 18.9 Å². The molecule has 0 bridgehead atoms. The van der Waals surface area contributed by atoms with Gasteiger partial charge in [0.15, 0.2) is 5.78 Å². The zero-order chi connectivity index (χ0) is 13.9. The minimum Gasteiger partial charge on any atom is -0.392 e. The highest BCUT2D eigenvalue weighted by molar-refractivity contribution is 5.91. The summed E-state index contributed by atoms with van der Waals surface area (Å²) in [7, 11) is 0. The molecule has 4 rings (SSSR count). The van der Waals surface area contributed by atoms with E-state index in [-0.39, 0.29) is 11.9 Å². The molecular formula is C18H26O2. The Labute approximate surface area is 121 Å². The second kappa shape index (κ2) is 4.43. The van der Waals surface area contributed by atoms with Gasteiger partial charge in [0.25, 0.3) is 0 Å². The van der Waals surface area contributed by atoms with Crippen LogP contribution in [0.15, 0.2) is 11.6 Å². The molecule has 1 N–H and O–H groups in total. The summed E-state index contributed by atoms with van der Waals surface area (Å²) in [5.74, 6) is 2.77. The van der Waals surface area contributed by atoms with Crippen LogP contribution in [0.2, 0.25) is 0 Å². The van der Waals surface area contributed by atoms with Gasteiger partial charge in [-0.25, -0.2) is 0 Å². The van der Waals surface area contributed by atoms with Crippen molar-refractivity contribution in [3.63, 3.8) is 0 Å². The zero-order valence-corrected chi connectivity index (χ0v) is 12.5. The molecule has 0 spiro atoms. The number of rotatable bonds is 0. The topological polar surface area (TPSA) is 37.3 Å². The van der Waals surface area contributed by atoms with Crippen molar-refractivity contribution >= 4 is 5.78 Å². The molecular weight excluding hydrogens is 248 g/mol. The Morgan fingerprint density at radius 1 is 1.25 bits per heavy atom. The molecule has 4 aliphatic rings. The standard InChI is InChI=1S/C18H26O2/c1-18-7-2-3-15(18)17-14(6-8-18)13-5-4-12(19)9-11(13)10-16(17)20/h9,13-17,20H,2-8,10H2,1H3/t13-,14+,15-,16?,17+,18-/m0/s1. The van der Waals surface area contributed by atoms with Gasteiger partial charge < -0.3 is 5.11 Å². The van der Waals surface area contributed by atoms with E-state index in [2.05, 4.69) is 6.92 Å². The van der Waals surface area contributed by atoms with Crippen LogP contribution in [-0.2, 0) is 4.79 Å². The average Bonchev–Trinajstić information content (AvgIpc) is 2.79. The van der Waals surface area contributed by atoms with Crippen LogP contribution in [0.4, 0.5) is 0 Å². The molecule has 110 valence electrons. The highest BCUT2D eigenvalue weighted by atomic mass is 16.3. The number of ketones is 1. The van der Waals surface area contributed by atoms with E-state index in [0.717, 1.165) is 25.2 Å². The summed E-state index contributed by atoms with van der Waals surface area (Å²) in [5.41, 5.74) is 1.77. The van der Waals surface area contributed by atoms with Gasteiger partial charge in [-0.05, 0) is 73.7 Å². The van der Waals surface area contributed by atoms with Crippen molar-refractivity contribution in [3.05, 3.63) is 11.6 Å². The largest absolute Gasteiger partial charge is 0.392 e. The van der Waals surface area contributed by atoms with Crippen LogP contribution in [-0.4, -0.2) is 17.0 Å². The van der Waals surface area contributed by atoms with Crippen molar-refractivity contribution in [1.29, 1.82) is 0 Å². The van der Waals surface area contributed by atoms with Crippen LogP contribution in [0.25, 0.3) is 0 Å². The van der Waals surface area contributed by atoms with Crippen molar-refractivity contribution in [3.8, 4) is 0 Å². The molecule has 0 aromatic carbocycles. The van der Waals surface area contributed by atoms with Crippen LogP contribution < -0.4 is 0 Å². The summed E-state index contributed by atoms with van der Waals surface area (Å²) < 4.78 is 0.